The summed E-state index contributed by atoms with van der Waals surface area (Å²) >= 11 is 0. The van der Waals surface area contributed by atoms with Gasteiger partial charge in [0.2, 0.25) is 5.91 Å². The molecule has 2 aliphatic rings. The molecule has 98 valence electrons. The lowest BCUT2D eigenvalue weighted by atomic mass is 9.79. The second kappa shape index (κ2) is 4.58. The fourth-order valence-electron chi connectivity index (χ4n) is 2.89. The highest BCUT2D eigenvalue weighted by Crippen LogP contribution is 2.36. The van der Waals surface area contributed by atoms with Gasteiger partial charge in [-0.25, -0.2) is 0 Å². The molecule has 2 rings (SSSR count). The largest absolute Gasteiger partial charge is 0.381 e. The molecule has 2 saturated heterocycles. The second-order valence-electron chi connectivity index (χ2n) is 6.24. The van der Waals surface area contributed by atoms with Crippen molar-refractivity contribution in [1.82, 2.24) is 4.90 Å². The van der Waals surface area contributed by atoms with Crippen molar-refractivity contribution >= 4 is 5.91 Å². The molecular formula is C13H24N2O2. The number of carbonyl (C=O) groups excluding carboxylic acids is 1. The Labute approximate surface area is 103 Å². The minimum atomic E-state index is -0.349. The lowest BCUT2D eigenvalue weighted by molar-refractivity contribution is -0.146. The first-order valence-electron chi connectivity index (χ1n) is 6.56. The molecule has 0 unspecified atom stereocenters. The van der Waals surface area contributed by atoms with Gasteiger partial charge in [0.1, 0.15) is 0 Å². The molecule has 0 spiro atoms. The molecule has 2 N–H and O–H groups in total. The van der Waals surface area contributed by atoms with E-state index in [4.69, 9.17) is 10.5 Å². The normalized spacial score (nSPS) is 27.1. The zero-order chi connectivity index (χ0) is 12.5. The summed E-state index contributed by atoms with van der Waals surface area (Å²) in [7, 11) is 0. The quantitative estimate of drug-likeness (QED) is 0.783. The third-order valence-electron chi connectivity index (χ3n) is 4.26. The van der Waals surface area contributed by atoms with Gasteiger partial charge in [-0.05, 0) is 24.7 Å². The summed E-state index contributed by atoms with van der Waals surface area (Å²) in [4.78, 5) is 14.6. The highest BCUT2D eigenvalue weighted by Gasteiger charge is 2.44. The van der Waals surface area contributed by atoms with Crippen LogP contribution in [0.1, 0.15) is 33.1 Å². The summed E-state index contributed by atoms with van der Waals surface area (Å²) < 4.78 is 5.35. The van der Waals surface area contributed by atoms with E-state index in [1.165, 1.54) is 0 Å². The van der Waals surface area contributed by atoms with Gasteiger partial charge in [0.15, 0.2) is 0 Å². The van der Waals surface area contributed by atoms with Crippen molar-refractivity contribution in [3.8, 4) is 0 Å². The summed E-state index contributed by atoms with van der Waals surface area (Å²) in [5.74, 6) is 0.258. The zero-order valence-corrected chi connectivity index (χ0v) is 11.0. The van der Waals surface area contributed by atoms with Crippen molar-refractivity contribution in [2.45, 2.75) is 33.1 Å². The van der Waals surface area contributed by atoms with Crippen molar-refractivity contribution in [3.63, 3.8) is 0 Å². The molecule has 0 radical (unpaired) electrons. The van der Waals surface area contributed by atoms with Gasteiger partial charge in [-0.3, -0.25) is 4.79 Å². The number of hydrogen-bond acceptors (Lipinski definition) is 3. The SMILES string of the molecule is CC1(C)CCN(C(=O)C2(CN)CCOCC2)C1. The monoisotopic (exact) mass is 240 g/mol. The number of likely N-dealkylation sites (tertiary alicyclic amines) is 1. The Hall–Kier alpha value is -0.610. The standard InChI is InChI=1S/C13H24N2O2/c1-12(2)3-6-15(10-12)11(16)13(9-14)4-7-17-8-5-13/h3-10,14H2,1-2H3. The van der Waals surface area contributed by atoms with Crippen LogP contribution in [0.5, 0.6) is 0 Å². The van der Waals surface area contributed by atoms with E-state index in [-0.39, 0.29) is 16.7 Å². The van der Waals surface area contributed by atoms with Crippen LogP contribution >= 0.6 is 0 Å². The van der Waals surface area contributed by atoms with Crippen LogP contribution < -0.4 is 5.73 Å². The average Bonchev–Trinajstić information content (AvgIpc) is 2.69. The first-order chi connectivity index (χ1) is 7.99. The molecule has 0 aromatic rings. The highest BCUT2D eigenvalue weighted by molar-refractivity contribution is 5.83. The van der Waals surface area contributed by atoms with Gasteiger partial charge >= 0.3 is 0 Å². The van der Waals surface area contributed by atoms with E-state index < -0.39 is 0 Å². The van der Waals surface area contributed by atoms with Crippen LogP contribution in [0.2, 0.25) is 0 Å². The Morgan fingerprint density at radius 1 is 1.29 bits per heavy atom. The van der Waals surface area contributed by atoms with Crippen molar-refractivity contribution in [2.75, 3.05) is 32.8 Å². The number of carbonyl (C=O) groups is 1. The Bertz CT molecular complexity index is 296. The van der Waals surface area contributed by atoms with Crippen LogP contribution in [-0.4, -0.2) is 43.7 Å². The molecule has 0 atom stereocenters. The minimum Gasteiger partial charge on any atom is -0.381 e. The fourth-order valence-corrected chi connectivity index (χ4v) is 2.89. The number of ether oxygens (including phenoxy) is 1. The molecule has 4 heteroatoms. The van der Waals surface area contributed by atoms with E-state index >= 15 is 0 Å². The van der Waals surface area contributed by atoms with Gasteiger partial charge in [-0.15, -0.1) is 0 Å². The van der Waals surface area contributed by atoms with Gasteiger partial charge in [0.25, 0.3) is 0 Å². The van der Waals surface area contributed by atoms with Crippen molar-refractivity contribution < 1.29 is 9.53 Å². The van der Waals surface area contributed by atoms with Crippen molar-refractivity contribution in [3.05, 3.63) is 0 Å². The lowest BCUT2D eigenvalue weighted by Gasteiger charge is -2.38. The minimum absolute atomic E-state index is 0.258. The molecule has 2 fully saturated rings. The molecule has 0 aromatic carbocycles. The summed E-state index contributed by atoms with van der Waals surface area (Å²) in [5, 5.41) is 0. The van der Waals surface area contributed by atoms with E-state index in [2.05, 4.69) is 13.8 Å². The van der Waals surface area contributed by atoms with E-state index in [0.717, 1.165) is 32.4 Å². The Morgan fingerprint density at radius 2 is 1.94 bits per heavy atom. The predicted molar refractivity (Wildman–Crippen MR) is 66.5 cm³/mol. The van der Waals surface area contributed by atoms with Gasteiger partial charge in [-0.2, -0.15) is 0 Å². The average molecular weight is 240 g/mol. The molecule has 17 heavy (non-hydrogen) atoms. The van der Waals surface area contributed by atoms with Crippen molar-refractivity contribution in [2.24, 2.45) is 16.6 Å². The number of nitrogens with two attached hydrogens (primary N) is 1. The first-order valence-corrected chi connectivity index (χ1v) is 6.56. The number of nitrogens with zero attached hydrogens (tertiary/aromatic N) is 1. The highest BCUT2D eigenvalue weighted by atomic mass is 16.5. The maximum absolute atomic E-state index is 12.6. The summed E-state index contributed by atoms with van der Waals surface area (Å²) in [6, 6.07) is 0. The molecule has 4 nitrogen and oxygen atoms in total. The number of rotatable bonds is 2. The van der Waals surface area contributed by atoms with Gasteiger partial charge in [-0.1, -0.05) is 13.8 Å². The van der Waals surface area contributed by atoms with Crippen LogP contribution in [0.15, 0.2) is 0 Å². The molecule has 2 heterocycles. The van der Waals surface area contributed by atoms with Gasteiger partial charge < -0.3 is 15.4 Å². The van der Waals surface area contributed by atoms with Crippen LogP contribution in [0.25, 0.3) is 0 Å². The predicted octanol–water partition coefficient (Wildman–Crippen LogP) is 1.00. The van der Waals surface area contributed by atoms with E-state index in [1.807, 2.05) is 4.90 Å². The second-order valence-corrected chi connectivity index (χ2v) is 6.24. The van der Waals surface area contributed by atoms with Crippen LogP contribution in [-0.2, 0) is 9.53 Å². The van der Waals surface area contributed by atoms with Crippen molar-refractivity contribution in [1.29, 1.82) is 0 Å². The van der Waals surface area contributed by atoms with Gasteiger partial charge in [0, 0.05) is 32.8 Å². The smallest absolute Gasteiger partial charge is 0.230 e. The van der Waals surface area contributed by atoms with E-state index in [0.29, 0.717) is 19.8 Å². The molecule has 0 saturated carbocycles. The fraction of sp³-hybridized carbons (Fsp3) is 0.923. The zero-order valence-electron chi connectivity index (χ0n) is 11.0. The Balaban J connectivity index is 2.07. The summed E-state index contributed by atoms with van der Waals surface area (Å²) in [6.45, 7) is 7.98. The molecule has 0 aliphatic carbocycles. The summed E-state index contributed by atoms with van der Waals surface area (Å²) in [6.07, 6.45) is 2.65. The van der Waals surface area contributed by atoms with E-state index in [9.17, 15) is 4.79 Å². The Morgan fingerprint density at radius 3 is 2.41 bits per heavy atom. The Kier molecular flexibility index (Phi) is 3.46. The number of amides is 1. The first kappa shape index (κ1) is 12.8. The molecular weight excluding hydrogens is 216 g/mol. The third kappa shape index (κ3) is 2.47. The molecule has 2 aliphatic heterocycles. The lowest BCUT2D eigenvalue weighted by Crippen LogP contribution is -2.50. The third-order valence-corrected chi connectivity index (χ3v) is 4.26. The molecule has 0 bridgehead atoms. The topological polar surface area (TPSA) is 55.6 Å². The maximum Gasteiger partial charge on any atom is 0.230 e. The maximum atomic E-state index is 12.6. The van der Waals surface area contributed by atoms with Crippen LogP contribution in [0, 0.1) is 10.8 Å². The number of hydrogen-bond donors (Lipinski definition) is 1. The van der Waals surface area contributed by atoms with Crippen LogP contribution in [0.3, 0.4) is 0 Å². The molecule has 0 aromatic heterocycles. The van der Waals surface area contributed by atoms with E-state index in [1.54, 1.807) is 0 Å². The van der Waals surface area contributed by atoms with Gasteiger partial charge in [0.05, 0.1) is 5.41 Å². The molecule has 1 amide bonds. The summed E-state index contributed by atoms with van der Waals surface area (Å²) in [5.41, 5.74) is 5.78. The van der Waals surface area contributed by atoms with Crippen LogP contribution in [0.4, 0.5) is 0 Å².